The van der Waals surface area contributed by atoms with Crippen molar-refractivity contribution in [3.63, 3.8) is 0 Å². The standard InChI is InChI=1S/C31H38BNO3/c1-24-23-31(2,3)36-32(35-24)29-16-11-25(12-17-29)10-15-28(27-8-6-5-7-9-27)22-26-13-18-30(19-14-26)34-21-20-33-4/h5-9,11-14,16-19,22,24,33H,10,15,20-21,23H2,1-4H3. The third-order valence-corrected chi connectivity index (χ3v) is 6.48. The second kappa shape index (κ2) is 12.4. The van der Waals surface area contributed by atoms with Crippen LogP contribution in [0.15, 0.2) is 78.9 Å². The summed E-state index contributed by atoms with van der Waals surface area (Å²) in [5, 5.41) is 3.10. The van der Waals surface area contributed by atoms with Crippen LogP contribution in [-0.2, 0) is 15.7 Å². The zero-order valence-electron chi connectivity index (χ0n) is 22.0. The number of allylic oxidation sites excluding steroid dienone is 1. The molecule has 1 saturated heterocycles. The van der Waals surface area contributed by atoms with E-state index in [0.717, 1.165) is 37.0 Å². The largest absolute Gasteiger partial charge is 0.494 e. The van der Waals surface area contributed by atoms with E-state index < -0.39 is 0 Å². The number of hydrogen-bond acceptors (Lipinski definition) is 4. The maximum absolute atomic E-state index is 6.18. The summed E-state index contributed by atoms with van der Waals surface area (Å²) >= 11 is 0. The molecule has 0 amide bonds. The van der Waals surface area contributed by atoms with Crippen molar-refractivity contribution >= 4 is 24.2 Å². The molecule has 0 spiro atoms. The summed E-state index contributed by atoms with van der Waals surface area (Å²) in [6.07, 6.45) is 5.28. The van der Waals surface area contributed by atoms with E-state index in [2.05, 4.69) is 98.9 Å². The maximum atomic E-state index is 6.18. The Labute approximate surface area is 216 Å². The van der Waals surface area contributed by atoms with Gasteiger partial charge in [0.2, 0.25) is 0 Å². The van der Waals surface area contributed by atoms with Gasteiger partial charge in [0, 0.05) is 12.6 Å². The zero-order chi connectivity index (χ0) is 25.4. The molecular formula is C31H38BNO3. The predicted octanol–water partition coefficient (Wildman–Crippen LogP) is 5.76. The van der Waals surface area contributed by atoms with Crippen LogP contribution in [0.5, 0.6) is 5.75 Å². The molecule has 1 atom stereocenters. The number of hydrogen-bond donors (Lipinski definition) is 1. The van der Waals surface area contributed by atoms with E-state index in [-0.39, 0.29) is 18.8 Å². The Hall–Kier alpha value is -2.86. The van der Waals surface area contributed by atoms with E-state index in [0.29, 0.717) is 6.61 Å². The lowest BCUT2D eigenvalue weighted by molar-refractivity contribution is -0.0229. The quantitative estimate of drug-likeness (QED) is 0.226. The Bertz CT molecular complexity index is 1110. The first-order chi connectivity index (χ1) is 17.4. The Balaban J connectivity index is 1.44. The molecule has 0 radical (unpaired) electrons. The van der Waals surface area contributed by atoms with Crippen molar-refractivity contribution in [1.82, 2.24) is 5.32 Å². The fourth-order valence-electron chi connectivity index (χ4n) is 4.67. The lowest BCUT2D eigenvalue weighted by Crippen LogP contribution is -2.51. The average molecular weight is 483 g/mol. The first-order valence-corrected chi connectivity index (χ1v) is 13.0. The molecule has 0 aromatic heterocycles. The van der Waals surface area contributed by atoms with Crippen molar-refractivity contribution in [2.75, 3.05) is 20.2 Å². The number of aryl methyl sites for hydroxylation is 1. The molecular weight excluding hydrogens is 445 g/mol. The summed E-state index contributed by atoms with van der Waals surface area (Å²) < 4.78 is 18.0. The molecule has 188 valence electrons. The SMILES string of the molecule is CNCCOc1ccc(C=C(CCc2ccc(B3OC(C)CC(C)(C)O3)cc2)c2ccccc2)cc1. The highest BCUT2D eigenvalue weighted by Crippen LogP contribution is 2.27. The number of benzene rings is 3. The molecule has 1 fully saturated rings. The van der Waals surface area contributed by atoms with Gasteiger partial charge >= 0.3 is 7.12 Å². The van der Waals surface area contributed by atoms with Crippen LogP contribution in [-0.4, -0.2) is 39.0 Å². The molecule has 1 aliphatic heterocycles. The first-order valence-electron chi connectivity index (χ1n) is 13.0. The van der Waals surface area contributed by atoms with Gasteiger partial charge in [-0.2, -0.15) is 0 Å². The van der Waals surface area contributed by atoms with Crippen LogP contribution in [0.1, 0.15) is 50.3 Å². The maximum Gasteiger partial charge on any atom is 0.494 e. The van der Waals surface area contributed by atoms with Gasteiger partial charge in [0.15, 0.2) is 0 Å². The van der Waals surface area contributed by atoms with Gasteiger partial charge in [-0.25, -0.2) is 0 Å². The van der Waals surface area contributed by atoms with Crippen LogP contribution < -0.4 is 15.5 Å². The molecule has 1 heterocycles. The van der Waals surface area contributed by atoms with Gasteiger partial charge in [-0.1, -0.05) is 72.8 Å². The fourth-order valence-corrected chi connectivity index (χ4v) is 4.67. The van der Waals surface area contributed by atoms with Crippen LogP contribution in [0.3, 0.4) is 0 Å². The van der Waals surface area contributed by atoms with E-state index in [1.54, 1.807) is 0 Å². The summed E-state index contributed by atoms with van der Waals surface area (Å²) in [6, 6.07) is 27.7. The first kappa shape index (κ1) is 26.2. The number of rotatable bonds is 10. The van der Waals surface area contributed by atoms with Gasteiger partial charge in [0.05, 0.1) is 5.60 Å². The van der Waals surface area contributed by atoms with Crippen molar-refractivity contribution in [1.29, 1.82) is 0 Å². The minimum absolute atomic E-state index is 0.173. The van der Waals surface area contributed by atoms with E-state index in [4.69, 9.17) is 14.0 Å². The topological polar surface area (TPSA) is 39.7 Å². The van der Waals surface area contributed by atoms with Gasteiger partial charge in [0.25, 0.3) is 0 Å². The minimum Gasteiger partial charge on any atom is -0.492 e. The van der Waals surface area contributed by atoms with Gasteiger partial charge in [-0.3, -0.25) is 0 Å². The Morgan fingerprint density at radius 2 is 1.75 bits per heavy atom. The molecule has 1 N–H and O–H groups in total. The molecule has 0 saturated carbocycles. The molecule has 4 rings (SSSR count). The van der Waals surface area contributed by atoms with Gasteiger partial charge in [0.1, 0.15) is 12.4 Å². The fraction of sp³-hybridized carbons (Fsp3) is 0.355. The number of ether oxygens (including phenoxy) is 1. The summed E-state index contributed by atoms with van der Waals surface area (Å²) in [5.74, 6) is 0.896. The molecule has 4 nitrogen and oxygen atoms in total. The highest BCUT2D eigenvalue weighted by molar-refractivity contribution is 6.61. The third-order valence-electron chi connectivity index (χ3n) is 6.48. The van der Waals surface area contributed by atoms with Crippen LogP contribution in [0.25, 0.3) is 11.6 Å². The van der Waals surface area contributed by atoms with Crippen molar-refractivity contribution in [3.05, 3.63) is 95.6 Å². The van der Waals surface area contributed by atoms with Crippen molar-refractivity contribution in [2.45, 2.75) is 51.7 Å². The van der Waals surface area contributed by atoms with Crippen LogP contribution >= 0.6 is 0 Å². The molecule has 36 heavy (non-hydrogen) atoms. The molecule has 1 unspecified atom stereocenters. The summed E-state index contributed by atoms with van der Waals surface area (Å²) in [6.45, 7) is 7.88. The van der Waals surface area contributed by atoms with Gasteiger partial charge < -0.3 is 19.4 Å². The van der Waals surface area contributed by atoms with E-state index in [9.17, 15) is 0 Å². The second-order valence-corrected chi connectivity index (χ2v) is 10.2. The smallest absolute Gasteiger partial charge is 0.492 e. The van der Waals surface area contributed by atoms with Crippen molar-refractivity contribution < 1.29 is 14.0 Å². The van der Waals surface area contributed by atoms with Crippen LogP contribution in [0, 0.1) is 0 Å². The molecule has 5 heteroatoms. The van der Waals surface area contributed by atoms with Crippen molar-refractivity contribution in [2.24, 2.45) is 0 Å². The normalized spacial score (nSPS) is 17.7. The van der Waals surface area contributed by atoms with Gasteiger partial charge in [-0.05, 0) is 86.9 Å². The molecule has 3 aromatic carbocycles. The predicted molar refractivity (Wildman–Crippen MR) is 151 cm³/mol. The second-order valence-electron chi connectivity index (χ2n) is 10.2. The van der Waals surface area contributed by atoms with E-state index in [1.165, 1.54) is 22.3 Å². The molecule has 0 aliphatic carbocycles. The minimum atomic E-state index is -0.303. The Morgan fingerprint density at radius 1 is 1.03 bits per heavy atom. The number of nitrogens with one attached hydrogen (secondary N) is 1. The van der Waals surface area contributed by atoms with Crippen molar-refractivity contribution in [3.8, 4) is 5.75 Å². The average Bonchev–Trinajstić information content (AvgIpc) is 2.87. The van der Waals surface area contributed by atoms with Crippen LogP contribution in [0.4, 0.5) is 0 Å². The number of likely N-dealkylation sites (N-methyl/N-ethyl adjacent to an activating group) is 1. The summed E-state index contributed by atoms with van der Waals surface area (Å²) in [4.78, 5) is 0. The summed E-state index contributed by atoms with van der Waals surface area (Å²) in [7, 11) is 1.62. The van der Waals surface area contributed by atoms with Crippen LogP contribution in [0.2, 0.25) is 0 Å². The van der Waals surface area contributed by atoms with E-state index in [1.807, 2.05) is 19.2 Å². The highest BCUT2D eigenvalue weighted by Gasteiger charge is 2.37. The molecule has 0 bridgehead atoms. The lowest BCUT2D eigenvalue weighted by atomic mass is 9.74. The monoisotopic (exact) mass is 483 g/mol. The highest BCUT2D eigenvalue weighted by atomic mass is 16.6. The summed E-state index contributed by atoms with van der Waals surface area (Å²) in [5.41, 5.74) is 5.95. The zero-order valence-corrected chi connectivity index (χ0v) is 22.0. The Morgan fingerprint density at radius 3 is 2.42 bits per heavy atom. The Kier molecular flexibility index (Phi) is 9.03. The molecule has 3 aromatic rings. The van der Waals surface area contributed by atoms with E-state index >= 15 is 0 Å². The van der Waals surface area contributed by atoms with Gasteiger partial charge in [-0.15, -0.1) is 0 Å². The molecule has 1 aliphatic rings. The lowest BCUT2D eigenvalue weighted by Gasteiger charge is -2.38. The third kappa shape index (κ3) is 7.57.